The van der Waals surface area contributed by atoms with Gasteiger partial charge in [-0.25, -0.2) is 9.18 Å². The molecule has 2 atom stereocenters. The third kappa shape index (κ3) is 2.30. The van der Waals surface area contributed by atoms with Gasteiger partial charge in [-0.15, -0.1) is 0 Å². The molecule has 11 heteroatoms. The van der Waals surface area contributed by atoms with Gasteiger partial charge in [-0.2, -0.15) is 8.78 Å². The number of nitro groups is 1. The van der Waals surface area contributed by atoms with E-state index < -0.39 is 68.1 Å². The smallest absolute Gasteiger partial charge is 0.341 e. The van der Waals surface area contributed by atoms with Crippen molar-refractivity contribution in [2.75, 3.05) is 7.11 Å². The average Bonchev–Trinajstić information content (AvgIpc) is 3.25. The van der Waals surface area contributed by atoms with Crippen LogP contribution < -0.4 is 10.2 Å². The Kier molecular flexibility index (Phi) is 3.66. The number of alkyl halides is 1. The summed E-state index contributed by atoms with van der Waals surface area (Å²) < 4.78 is 47.4. The van der Waals surface area contributed by atoms with Gasteiger partial charge in [0.05, 0.1) is 18.1 Å². The largest absolute Gasteiger partial charge is 0.491 e. The Morgan fingerprint density at radius 2 is 2.04 bits per heavy atom. The van der Waals surface area contributed by atoms with Gasteiger partial charge in [0.2, 0.25) is 17.1 Å². The second-order valence-corrected chi connectivity index (χ2v) is 5.39. The normalized spacial score (nSPS) is 19.0. The summed E-state index contributed by atoms with van der Waals surface area (Å²) in [4.78, 5) is 33.5. The molecule has 25 heavy (non-hydrogen) atoms. The number of halogens is 3. The first kappa shape index (κ1) is 16.7. The first-order chi connectivity index (χ1) is 11.7. The van der Waals surface area contributed by atoms with Crippen LogP contribution in [-0.2, 0) is 0 Å². The van der Waals surface area contributed by atoms with Crippen molar-refractivity contribution in [3.63, 3.8) is 0 Å². The molecule has 3 rings (SSSR count). The van der Waals surface area contributed by atoms with E-state index in [1.807, 2.05) is 0 Å². The molecule has 1 aliphatic carbocycles. The molecular formula is C14H9F3N2O6. The maximum Gasteiger partial charge on any atom is 0.341 e. The van der Waals surface area contributed by atoms with E-state index >= 15 is 0 Å². The van der Waals surface area contributed by atoms with Crippen molar-refractivity contribution in [2.24, 2.45) is 0 Å². The third-order valence-electron chi connectivity index (χ3n) is 3.94. The van der Waals surface area contributed by atoms with Crippen LogP contribution in [0.5, 0.6) is 5.75 Å². The number of pyridine rings is 1. The highest BCUT2D eigenvalue weighted by Crippen LogP contribution is 2.45. The number of hydrogen-bond donors (Lipinski definition) is 1. The molecule has 0 saturated heterocycles. The number of ether oxygens (including phenoxy) is 1. The van der Waals surface area contributed by atoms with Gasteiger partial charge in [-0.05, 0) is 0 Å². The molecule has 1 N–H and O–H groups in total. The summed E-state index contributed by atoms with van der Waals surface area (Å²) in [6.45, 7) is 0. The van der Waals surface area contributed by atoms with Gasteiger partial charge >= 0.3 is 11.7 Å². The van der Waals surface area contributed by atoms with E-state index in [2.05, 4.69) is 0 Å². The number of carboxylic acids is 1. The lowest BCUT2D eigenvalue weighted by Gasteiger charge is -2.15. The number of carbonyl (C=O) groups is 1. The van der Waals surface area contributed by atoms with Crippen molar-refractivity contribution in [3.05, 3.63) is 43.7 Å². The fourth-order valence-electron chi connectivity index (χ4n) is 2.71. The number of rotatable bonds is 4. The molecule has 0 amide bonds. The Morgan fingerprint density at radius 1 is 1.44 bits per heavy atom. The summed E-state index contributed by atoms with van der Waals surface area (Å²) >= 11 is 0. The molecule has 8 nitrogen and oxygen atoms in total. The second kappa shape index (κ2) is 5.46. The molecule has 132 valence electrons. The van der Waals surface area contributed by atoms with E-state index in [0.717, 1.165) is 17.9 Å². The molecule has 0 radical (unpaired) electrons. The van der Waals surface area contributed by atoms with Crippen LogP contribution in [0.4, 0.5) is 18.9 Å². The molecule has 0 bridgehead atoms. The lowest BCUT2D eigenvalue weighted by molar-refractivity contribution is -0.386. The van der Waals surface area contributed by atoms with Crippen molar-refractivity contribution in [3.8, 4) is 5.75 Å². The molecule has 1 aromatic carbocycles. The number of carboxylic acid groups (broad SMARTS) is 1. The lowest BCUT2D eigenvalue weighted by atomic mass is 10.1. The second-order valence-electron chi connectivity index (χ2n) is 5.39. The maximum atomic E-state index is 14.2. The number of aromatic carboxylic acids is 1. The van der Waals surface area contributed by atoms with Crippen molar-refractivity contribution in [2.45, 2.75) is 18.6 Å². The Bertz CT molecular complexity index is 1000. The first-order valence-corrected chi connectivity index (χ1v) is 6.86. The average molecular weight is 358 g/mol. The molecule has 0 aliphatic heterocycles. The topological polar surface area (TPSA) is 112 Å². The highest BCUT2D eigenvalue weighted by molar-refractivity contribution is 5.99. The van der Waals surface area contributed by atoms with Gasteiger partial charge in [-0.3, -0.25) is 14.9 Å². The number of aromatic nitrogens is 1. The van der Waals surface area contributed by atoms with Crippen LogP contribution in [0.3, 0.4) is 0 Å². The number of fused-ring (bicyclic) bond motifs is 1. The maximum absolute atomic E-state index is 14.2. The molecule has 0 unspecified atom stereocenters. The Balaban J connectivity index is 2.64. The summed E-state index contributed by atoms with van der Waals surface area (Å²) in [5.41, 5.74) is -4.40. The summed E-state index contributed by atoms with van der Waals surface area (Å²) in [7, 11) is 0.933. The van der Waals surface area contributed by atoms with Crippen LogP contribution in [-0.4, -0.2) is 33.8 Å². The van der Waals surface area contributed by atoms with Gasteiger partial charge in [0.25, 0.3) is 0 Å². The van der Waals surface area contributed by atoms with Crippen molar-refractivity contribution in [1.82, 2.24) is 4.57 Å². The number of hydrogen-bond acceptors (Lipinski definition) is 5. The summed E-state index contributed by atoms with van der Waals surface area (Å²) in [6, 6.07) is -0.973. The van der Waals surface area contributed by atoms with E-state index in [1.54, 1.807) is 0 Å². The predicted octanol–water partition coefficient (Wildman–Crippen LogP) is 2.18. The van der Waals surface area contributed by atoms with E-state index in [1.165, 1.54) is 0 Å². The fraction of sp³-hybridized carbons (Fsp3) is 0.286. The number of methoxy groups -OCH3 is 1. The van der Waals surface area contributed by atoms with Gasteiger partial charge in [0.15, 0.2) is 5.75 Å². The highest BCUT2D eigenvalue weighted by atomic mass is 19.2. The van der Waals surface area contributed by atoms with Gasteiger partial charge in [0, 0.05) is 12.6 Å². The van der Waals surface area contributed by atoms with Crippen LogP contribution in [0.2, 0.25) is 0 Å². The molecule has 1 heterocycles. The Labute approximate surface area is 136 Å². The zero-order valence-electron chi connectivity index (χ0n) is 12.5. The fourth-order valence-corrected chi connectivity index (χ4v) is 2.71. The molecule has 1 fully saturated rings. The van der Waals surface area contributed by atoms with E-state index in [9.17, 15) is 32.9 Å². The quantitative estimate of drug-likeness (QED) is 0.662. The van der Waals surface area contributed by atoms with Crippen molar-refractivity contribution < 1.29 is 32.7 Å². The number of benzene rings is 1. The highest BCUT2D eigenvalue weighted by Gasteiger charge is 2.43. The molecule has 2 aromatic rings. The van der Waals surface area contributed by atoms with E-state index in [4.69, 9.17) is 9.84 Å². The lowest BCUT2D eigenvalue weighted by Crippen LogP contribution is -2.21. The Morgan fingerprint density at radius 3 is 2.48 bits per heavy atom. The van der Waals surface area contributed by atoms with E-state index in [0.29, 0.717) is 0 Å². The van der Waals surface area contributed by atoms with Gasteiger partial charge < -0.3 is 14.4 Å². The predicted molar refractivity (Wildman–Crippen MR) is 76.8 cm³/mol. The molecule has 0 spiro atoms. The molecular weight excluding hydrogens is 349 g/mol. The van der Waals surface area contributed by atoms with Gasteiger partial charge in [0.1, 0.15) is 22.6 Å². The van der Waals surface area contributed by atoms with Crippen molar-refractivity contribution >= 4 is 22.6 Å². The minimum Gasteiger partial charge on any atom is -0.491 e. The number of nitro benzene ring substituents is 1. The monoisotopic (exact) mass is 358 g/mol. The third-order valence-corrected chi connectivity index (χ3v) is 3.94. The molecule has 1 saturated carbocycles. The van der Waals surface area contributed by atoms with Crippen LogP contribution in [0.25, 0.3) is 10.9 Å². The van der Waals surface area contributed by atoms with Crippen molar-refractivity contribution in [1.29, 1.82) is 0 Å². The molecule has 1 aromatic heterocycles. The van der Waals surface area contributed by atoms with Crippen LogP contribution in [0.1, 0.15) is 22.8 Å². The zero-order chi connectivity index (χ0) is 18.6. The minimum atomic E-state index is -1.96. The minimum absolute atomic E-state index is 0.0764. The van der Waals surface area contributed by atoms with Crippen LogP contribution in [0, 0.1) is 21.7 Å². The zero-order valence-corrected chi connectivity index (χ0v) is 12.5. The van der Waals surface area contributed by atoms with Crippen LogP contribution >= 0.6 is 0 Å². The first-order valence-electron chi connectivity index (χ1n) is 6.86. The van der Waals surface area contributed by atoms with E-state index in [-0.39, 0.29) is 6.42 Å². The SMILES string of the molecule is COc1c(F)c(F)c([N+](=O)[O-])c2c(=O)c(C(=O)O)cn([C@@H]3C[C@@H]3F)c12. The Hall–Kier alpha value is -3.11. The number of nitrogens with zero attached hydrogens (tertiary/aromatic N) is 2. The summed E-state index contributed by atoms with van der Waals surface area (Å²) in [5, 5.41) is 19.3. The molecule has 1 aliphatic rings. The van der Waals surface area contributed by atoms with Crippen LogP contribution in [0.15, 0.2) is 11.0 Å². The van der Waals surface area contributed by atoms with Gasteiger partial charge in [-0.1, -0.05) is 0 Å². The summed E-state index contributed by atoms with van der Waals surface area (Å²) in [5.74, 6) is -6.27. The summed E-state index contributed by atoms with van der Waals surface area (Å²) in [6.07, 6.45) is -0.752. The standard InChI is InChI=1S/C14H9F3N2O6/c1-25-13-9(17)8(16)10(19(23)24)7-11(13)18(6-2-5(6)15)3-4(12(7)20)14(21)22/h3,5-6H,2H2,1H3,(H,21,22)/t5-,6+/m0/s1.